The van der Waals surface area contributed by atoms with Crippen molar-refractivity contribution >= 4 is 33.6 Å². The molecule has 0 heterocycles. The molecule has 2 aromatic rings. The van der Waals surface area contributed by atoms with Crippen LogP contribution < -0.4 is 9.46 Å². The number of benzene rings is 2. The minimum atomic E-state index is -4.12. The molecule has 0 spiro atoms. The number of nitrogens with zero attached hydrogens (tertiary/aromatic N) is 1. The molecule has 0 radical (unpaired) electrons. The van der Waals surface area contributed by atoms with E-state index in [-0.39, 0.29) is 53.0 Å². The molecule has 0 saturated heterocycles. The van der Waals surface area contributed by atoms with Gasteiger partial charge in [-0.3, -0.25) is 9.59 Å². The van der Waals surface area contributed by atoms with Crippen LogP contribution in [0.5, 0.6) is 11.5 Å². The number of hydrogen-bond donors (Lipinski definition) is 1. The number of nitriles is 1. The molecule has 0 saturated carbocycles. The molecule has 0 aliphatic heterocycles. The number of hydrogen-bond acceptors (Lipinski definition) is 8. The van der Waals surface area contributed by atoms with Gasteiger partial charge in [0.1, 0.15) is 29.2 Å². The van der Waals surface area contributed by atoms with Crippen molar-refractivity contribution in [3.8, 4) is 17.6 Å². The fourth-order valence-corrected chi connectivity index (χ4v) is 4.16. The van der Waals surface area contributed by atoms with E-state index >= 15 is 0 Å². The normalized spacial score (nSPS) is 11.8. The third-order valence-electron chi connectivity index (χ3n) is 4.26. The zero-order chi connectivity index (χ0) is 24.4. The summed E-state index contributed by atoms with van der Waals surface area (Å²) >= 11 is 5.98. The van der Waals surface area contributed by atoms with Crippen LogP contribution in [0, 0.1) is 11.3 Å². The molecular weight excluding hydrogens is 472 g/mol. The summed E-state index contributed by atoms with van der Waals surface area (Å²) < 4.78 is 43.3. The van der Waals surface area contributed by atoms with Crippen molar-refractivity contribution in [3.63, 3.8) is 0 Å². The molecule has 1 N–H and O–H groups in total. The molecule has 0 amide bonds. The van der Waals surface area contributed by atoms with Crippen molar-refractivity contribution in [2.75, 3.05) is 13.2 Å². The van der Waals surface area contributed by atoms with Crippen LogP contribution in [0.1, 0.15) is 32.3 Å². The van der Waals surface area contributed by atoms with Gasteiger partial charge in [-0.2, -0.15) is 9.98 Å². The molecule has 33 heavy (non-hydrogen) atoms. The summed E-state index contributed by atoms with van der Waals surface area (Å²) in [5, 5.41) is 9.46. The highest BCUT2D eigenvalue weighted by molar-refractivity contribution is 7.89. The van der Waals surface area contributed by atoms with Crippen LogP contribution >= 0.6 is 11.6 Å². The lowest BCUT2D eigenvalue weighted by molar-refractivity contribution is -0.146. The summed E-state index contributed by atoms with van der Waals surface area (Å²) in [5.41, 5.74) is 0.149. The van der Waals surface area contributed by atoms with E-state index in [0.717, 1.165) is 0 Å². The van der Waals surface area contributed by atoms with E-state index in [4.69, 9.17) is 25.8 Å². The Bertz CT molecular complexity index is 1130. The first-order valence-electron chi connectivity index (χ1n) is 10.0. The molecule has 0 aliphatic rings. The van der Waals surface area contributed by atoms with Crippen LogP contribution in [0.15, 0.2) is 47.4 Å². The average molecular weight is 495 g/mol. The Balaban J connectivity index is 2.17. The Morgan fingerprint density at radius 2 is 1.76 bits per heavy atom. The van der Waals surface area contributed by atoms with Gasteiger partial charge in [0.05, 0.1) is 23.1 Å². The summed E-state index contributed by atoms with van der Waals surface area (Å²) in [4.78, 5) is 23.7. The van der Waals surface area contributed by atoms with Gasteiger partial charge >= 0.3 is 11.9 Å². The van der Waals surface area contributed by atoms with Crippen molar-refractivity contribution in [2.45, 2.75) is 37.6 Å². The molecule has 2 rings (SSSR count). The quantitative estimate of drug-likeness (QED) is 0.469. The van der Waals surface area contributed by atoms with E-state index in [0.29, 0.717) is 0 Å². The van der Waals surface area contributed by atoms with Gasteiger partial charge in [0.25, 0.3) is 0 Å². The number of nitrogens with one attached hydrogen (secondary N) is 1. The van der Waals surface area contributed by atoms with Crippen molar-refractivity contribution < 1.29 is 32.2 Å². The number of halogens is 1. The van der Waals surface area contributed by atoms with Gasteiger partial charge in [-0.25, -0.2) is 8.42 Å². The third kappa shape index (κ3) is 7.46. The zero-order valence-corrected chi connectivity index (χ0v) is 19.6. The van der Waals surface area contributed by atoms with Crippen molar-refractivity contribution in [2.24, 2.45) is 0 Å². The molecule has 11 heteroatoms. The van der Waals surface area contributed by atoms with Gasteiger partial charge in [0, 0.05) is 6.42 Å². The lowest BCUT2D eigenvalue weighted by Crippen LogP contribution is -2.42. The maximum absolute atomic E-state index is 12.8. The number of carbonyl (C=O) groups excluding carboxylic acids is 2. The Morgan fingerprint density at radius 1 is 1.09 bits per heavy atom. The van der Waals surface area contributed by atoms with Gasteiger partial charge in [-0.05, 0) is 56.7 Å². The largest absolute Gasteiger partial charge is 0.466 e. The van der Waals surface area contributed by atoms with Crippen LogP contribution in [0.4, 0.5) is 0 Å². The minimum absolute atomic E-state index is 0.0523. The number of esters is 2. The Labute approximate surface area is 197 Å². The summed E-state index contributed by atoms with van der Waals surface area (Å²) in [6.07, 6.45) is -0.280. The SMILES string of the molecule is CCOC(=O)CCC(NS(=O)(=O)c1ccc(Oc2cccc(Cl)c2C#N)cc1)C(=O)OCC. The highest BCUT2D eigenvalue weighted by atomic mass is 35.5. The molecule has 0 fully saturated rings. The fraction of sp³-hybridized carbons (Fsp3) is 0.318. The fourth-order valence-electron chi connectivity index (χ4n) is 2.73. The predicted molar refractivity (Wildman–Crippen MR) is 119 cm³/mol. The average Bonchev–Trinajstić information content (AvgIpc) is 2.77. The highest BCUT2D eigenvalue weighted by Crippen LogP contribution is 2.30. The van der Waals surface area contributed by atoms with Crippen molar-refractivity contribution in [3.05, 3.63) is 53.1 Å². The maximum atomic E-state index is 12.8. The van der Waals surface area contributed by atoms with Gasteiger partial charge in [-0.1, -0.05) is 17.7 Å². The van der Waals surface area contributed by atoms with E-state index in [2.05, 4.69) is 4.72 Å². The second kappa shape index (κ2) is 12.2. The van der Waals surface area contributed by atoms with E-state index in [9.17, 15) is 23.3 Å². The highest BCUT2D eigenvalue weighted by Gasteiger charge is 2.27. The van der Waals surface area contributed by atoms with Crippen molar-refractivity contribution in [1.82, 2.24) is 4.72 Å². The maximum Gasteiger partial charge on any atom is 0.324 e. The second-order valence-corrected chi connectivity index (χ2v) is 8.69. The van der Waals surface area contributed by atoms with Crippen LogP contribution in [0.2, 0.25) is 5.02 Å². The lowest BCUT2D eigenvalue weighted by atomic mass is 10.2. The number of carbonyl (C=O) groups is 2. The number of rotatable bonds is 11. The van der Waals surface area contributed by atoms with Gasteiger partial charge in [0.15, 0.2) is 0 Å². The second-order valence-electron chi connectivity index (χ2n) is 6.57. The first kappa shape index (κ1) is 26.1. The Morgan fingerprint density at radius 3 is 2.36 bits per heavy atom. The molecule has 1 unspecified atom stereocenters. The van der Waals surface area contributed by atoms with E-state index < -0.39 is 28.0 Å². The summed E-state index contributed by atoms with van der Waals surface area (Å²) in [5.74, 6) is -0.849. The standard InChI is InChI=1S/C22H23ClN2O7S/c1-3-30-21(26)13-12-19(22(27)31-4-2)25-33(28,29)16-10-8-15(9-11-16)32-20-7-5-6-18(23)17(20)14-24/h5-11,19,25H,3-4,12-13H2,1-2H3. The van der Waals surface area contributed by atoms with Gasteiger partial charge in [-0.15, -0.1) is 0 Å². The molecule has 0 bridgehead atoms. The Kier molecular flexibility index (Phi) is 9.66. The molecule has 9 nitrogen and oxygen atoms in total. The summed E-state index contributed by atoms with van der Waals surface area (Å²) in [7, 11) is -4.12. The predicted octanol–water partition coefficient (Wildman–Crippen LogP) is 3.56. The first-order valence-corrected chi connectivity index (χ1v) is 11.9. The van der Waals surface area contributed by atoms with Crippen LogP contribution in [-0.4, -0.2) is 39.6 Å². The van der Waals surface area contributed by atoms with Crippen molar-refractivity contribution in [1.29, 1.82) is 5.26 Å². The topological polar surface area (TPSA) is 132 Å². The van der Waals surface area contributed by atoms with E-state index in [1.54, 1.807) is 32.0 Å². The smallest absolute Gasteiger partial charge is 0.324 e. The lowest BCUT2D eigenvalue weighted by Gasteiger charge is -2.17. The molecule has 0 aromatic heterocycles. The molecule has 176 valence electrons. The van der Waals surface area contributed by atoms with Gasteiger partial charge < -0.3 is 14.2 Å². The summed E-state index contributed by atoms with van der Waals surface area (Å²) in [6.45, 7) is 3.46. The molecule has 2 aromatic carbocycles. The van der Waals surface area contributed by atoms with Gasteiger partial charge in [0.2, 0.25) is 10.0 Å². The van der Waals surface area contributed by atoms with Crippen LogP contribution in [0.3, 0.4) is 0 Å². The first-order chi connectivity index (χ1) is 15.7. The monoisotopic (exact) mass is 494 g/mol. The Hall–Kier alpha value is -3.13. The third-order valence-corrected chi connectivity index (χ3v) is 6.06. The number of ether oxygens (including phenoxy) is 3. The number of sulfonamides is 1. The minimum Gasteiger partial charge on any atom is -0.466 e. The van der Waals surface area contributed by atoms with Crippen LogP contribution in [0.25, 0.3) is 0 Å². The summed E-state index contributed by atoms with van der Waals surface area (Å²) in [6, 6.07) is 10.8. The zero-order valence-electron chi connectivity index (χ0n) is 18.0. The van der Waals surface area contributed by atoms with Crippen LogP contribution in [-0.2, 0) is 29.1 Å². The van der Waals surface area contributed by atoms with E-state index in [1.165, 1.54) is 24.3 Å². The molecule has 1 atom stereocenters. The molecular formula is C22H23ClN2O7S. The molecule has 0 aliphatic carbocycles. The van der Waals surface area contributed by atoms with E-state index in [1.807, 2.05) is 6.07 Å².